The first kappa shape index (κ1) is 46.8. The summed E-state index contributed by atoms with van der Waals surface area (Å²) in [5.41, 5.74) is 1.49. The fourth-order valence-electron chi connectivity index (χ4n) is 8.61. The van der Waals surface area contributed by atoms with Gasteiger partial charge in [-0.15, -0.1) is 18.2 Å². The summed E-state index contributed by atoms with van der Waals surface area (Å²) in [6.45, 7) is 9.75. The molecule has 0 aromatic heterocycles. The van der Waals surface area contributed by atoms with Gasteiger partial charge in [-0.05, 0) is 88.1 Å². The standard InChI is InChI=1S/C44H60ClN3O12/c1-5-22-57-44-39(47(18-24-55-25-21-51)42(52)56-23-17-45)29-37(46-60-43(2,3)4)35-26-30(11-6-8-19-49)34(14-7-9-20-50)40(41(35)44)36-28-33(15-16-38(36)59-44)58-32-13-10-12-31(27-32)48(53)54/h5,10,12-13,15-16,26-28,30,34,39-41,49-51H,1,6-9,11,14,17-25,29H2,2-4H3. The molecule has 0 bridgehead atoms. The van der Waals surface area contributed by atoms with Crippen LogP contribution in [0.15, 0.2) is 71.9 Å². The van der Waals surface area contributed by atoms with E-state index in [0.717, 1.165) is 30.4 Å². The monoisotopic (exact) mass is 857 g/mol. The number of ether oxygens (including phenoxy) is 5. The number of nitrogens with zero attached hydrogens (tertiary/aromatic N) is 3. The van der Waals surface area contributed by atoms with Crippen LogP contribution in [0.5, 0.6) is 17.2 Å². The number of carbonyl (C=O) groups is 1. The maximum absolute atomic E-state index is 14.2. The van der Waals surface area contributed by atoms with E-state index in [4.69, 9.17) is 45.3 Å². The summed E-state index contributed by atoms with van der Waals surface area (Å²) >= 11 is 6.01. The molecule has 6 unspecified atom stereocenters. The summed E-state index contributed by atoms with van der Waals surface area (Å²) in [4.78, 5) is 33.0. The number of aliphatic hydroxyl groups is 3. The number of amides is 1. The van der Waals surface area contributed by atoms with Gasteiger partial charge in [0.05, 0.1) is 54.9 Å². The van der Waals surface area contributed by atoms with Gasteiger partial charge in [-0.25, -0.2) is 4.79 Å². The van der Waals surface area contributed by atoms with Crippen molar-refractivity contribution >= 4 is 29.1 Å². The van der Waals surface area contributed by atoms with Gasteiger partial charge in [0.15, 0.2) is 0 Å². The first-order valence-corrected chi connectivity index (χ1v) is 21.3. The minimum atomic E-state index is -1.55. The topological polar surface area (TPSA) is 192 Å². The van der Waals surface area contributed by atoms with Crippen LogP contribution < -0.4 is 9.47 Å². The number of alkyl halides is 1. The summed E-state index contributed by atoms with van der Waals surface area (Å²) in [6.07, 6.45) is 7.52. The Balaban J connectivity index is 1.79. The third-order valence-corrected chi connectivity index (χ3v) is 11.1. The van der Waals surface area contributed by atoms with Crippen molar-refractivity contribution in [2.24, 2.45) is 22.9 Å². The smallest absolute Gasteiger partial charge is 0.410 e. The first-order valence-electron chi connectivity index (χ1n) is 20.8. The molecule has 16 heteroatoms. The van der Waals surface area contributed by atoms with E-state index < -0.39 is 34.4 Å². The maximum Gasteiger partial charge on any atom is 0.410 e. The predicted octanol–water partition coefficient (Wildman–Crippen LogP) is 7.51. The normalized spacial score (nSPS) is 23.8. The van der Waals surface area contributed by atoms with Crippen LogP contribution in [0, 0.1) is 27.9 Å². The number of halogens is 1. The van der Waals surface area contributed by atoms with Crippen LogP contribution in [-0.2, 0) is 19.0 Å². The summed E-state index contributed by atoms with van der Waals surface area (Å²) in [7, 11) is 0. The number of benzene rings is 2. The molecule has 0 spiro atoms. The Morgan fingerprint density at radius 1 is 1.05 bits per heavy atom. The Hall–Kier alpha value is -4.25. The quantitative estimate of drug-likeness (QED) is 0.0328. The Morgan fingerprint density at radius 2 is 1.80 bits per heavy atom. The van der Waals surface area contributed by atoms with Crippen LogP contribution in [0.4, 0.5) is 10.5 Å². The number of oxime groups is 1. The molecule has 60 heavy (non-hydrogen) atoms. The number of rotatable bonds is 23. The largest absolute Gasteiger partial charge is 0.459 e. The molecule has 1 heterocycles. The Labute approximate surface area is 357 Å². The number of fused-ring (bicyclic) bond motifs is 2. The number of nitro groups is 1. The van der Waals surface area contributed by atoms with E-state index in [1.54, 1.807) is 30.3 Å². The summed E-state index contributed by atoms with van der Waals surface area (Å²) in [6, 6.07) is 10.5. The second kappa shape index (κ2) is 22.0. The predicted molar refractivity (Wildman–Crippen MR) is 226 cm³/mol. The lowest BCUT2D eigenvalue weighted by molar-refractivity contribution is -0.384. The molecule has 1 aliphatic heterocycles. The molecule has 1 amide bonds. The lowest BCUT2D eigenvalue weighted by atomic mass is 9.55. The fourth-order valence-corrected chi connectivity index (χ4v) is 8.69. The lowest BCUT2D eigenvalue weighted by Gasteiger charge is -2.59. The minimum Gasteiger partial charge on any atom is -0.459 e. The molecule has 0 radical (unpaired) electrons. The first-order chi connectivity index (χ1) is 28.9. The van der Waals surface area contributed by atoms with Crippen LogP contribution >= 0.6 is 11.6 Å². The number of allylic oxidation sites excluding steroid dienone is 1. The average Bonchev–Trinajstić information content (AvgIpc) is 3.22. The van der Waals surface area contributed by atoms with Crippen molar-refractivity contribution in [3.05, 3.63) is 82.4 Å². The third kappa shape index (κ3) is 11.4. The Kier molecular flexibility index (Phi) is 17.2. The van der Waals surface area contributed by atoms with Gasteiger partial charge in [0.1, 0.15) is 35.5 Å². The van der Waals surface area contributed by atoms with Crippen LogP contribution in [0.2, 0.25) is 0 Å². The summed E-state index contributed by atoms with van der Waals surface area (Å²) < 4.78 is 31.8. The number of non-ortho nitro benzene ring substituents is 1. The van der Waals surface area contributed by atoms with E-state index in [-0.39, 0.29) is 94.3 Å². The van der Waals surface area contributed by atoms with Crippen molar-refractivity contribution in [1.29, 1.82) is 0 Å². The number of hydrogen-bond acceptors (Lipinski definition) is 13. The highest BCUT2D eigenvalue weighted by molar-refractivity contribution is 6.18. The molecule has 5 rings (SSSR count). The molecule has 2 aromatic carbocycles. The Bertz CT molecular complexity index is 1820. The molecular formula is C44H60ClN3O12. The SMILES string of the molecule is C=CCOC12Oc3ccc(Oc4cccc([N+](=O)[O-])c4)cc3C3C(CCCCO)C(CCCCO)C=C(C(=NOC(C)(C)C)CC1N(CCOCCO)C(=O)OCCCl)C32. The van der Waals surface area contributed by atoms with Gasteiger partial charge < -0.3 is 43.8 Å². The lowest BCUT2D eigenvalue weighted by Crippen LogP contribution is -2.70. The molecule has 330 valence electrons. The molecule has 1 fully saturated rings. The molecule has 3 aliphatic rings. The highest BCUT2D eigenvalue weighted by Gasteiger charge is 2.65. The van der Waals surface area contributed by atoms with E-state index in [9.17, 15) is 30.2 Å². The average molecular weight is 858 g/mol. The highest BCUT2D eigenvalue weighted by Crippen LogP contribution is 2.62. The van der Waals surface area contributed by atoms with E-state index in [0.29, 0.717) is 36.5 Å². The summed E-state index contributed by atoms with van der Waals surface area (Å²) in [5.74, 6) is -1.28. The van der Waals surface area contributed by atoms with E-state index in [1.807, 2.05) is 26.8 Å². The number of unbranched alkanes of at least 4 members (excludes halogenated alkanes) is 2. The van der Waals surface area contributed by atoms with E-state index in [1.165, 1.54) is 17.0 Å². The van der Waals surface area contributed by atoms with Gasteiger partial charge in [-0.1, -0.05) is 36.2 Å². The Morgan fingerprint density at radius 3 is 2.48 bits per heavy atom. The molecule has 2 aromatic rings. The van der Waals surface area contributed by atoms with E-state index >= 15 is 0 Å². The molecule has 2 aliphatic carbocycles. The third-order valence-electron chi connectivity index (χ3n) is 11.0. The highest BCUT2D eigenvalue weighted by atomic mass is 35.5. The van der Waals surface area contributed by atoms with Crippen molar-refractivity contribution in [2.45, 2.75) is 89.1 Å². The second-order valence-electron chi connectivity index (χ2n) is 16.2. The summed E-state index contributed by atoms with van der Waals surface area (Å²) in [5, 5.41) is 45.7. The van der Waals surface area contributed by atoms with Gasteiger partial charge in [0.2, 0.25) is 5.79 Å². The molecule has 6 atom stereocenters. The molecule has 0 saturated heterocycles. The van der Waals surface area contributed by atoms with Crippen molar-refractivity contribution in [2.75, 3.05) is 58.7 Å². The van der Waals surface area contributed by atoms with Gasteiger partial charge in [0, 0.05) is 43.7 Å². The van der Waals surface area contributed by atoms with Gasteiger partial charge in [0.25, 0.3) is 5.69 Å². The van der Waals surface area contributed by atoms with Gasteiger partial charge >= 0.3 is 6.09 Å². The fraction of sp³-hybridized carbons (Fsp3) is 0.591. The van der Waals surface area contributed by atoms with Gasteiger partial charge in [-0.3, -0.25) is 15.0 Å². The van der Waals surface area contributed by atoms with E-state index in [2.05, 4.69) is 12.7 Å². The maximum atomic E-state index is 14.2. The van der Waals surface area contributed by atoms with Crippen LogP contribution in [0.25, 0.3) is 0 Å². The van der Waals surface area contributed by atoms with Crippen LogP contribution in [0.3, 0.4) is 0 Å². The minimum absolute atomic E-state index is 0.0102. The zero-order valence-corrected chi connectivity index (χ0v) is 35.6. The zero-order chi connectivity index (χ0) is 43.3. The zero-order valence-electron chi connectivity index (χ0n) is 34.8. The number of aliphatic hydroxyl groups excluding tert-OH is 3. The second-order valence-corrected chi connectivity index (χ2v) is 16.5. The molecule has 1 saturated carbocycles. The van der Waals surface area contributed by atoms with Crippen molar-refractivity contribution in [3.8, 4) is 17.2 Å². The molecule has 3 N–H and O–H groups in total. The number of hydrogen-bond donors (Lipinski definition) is 3. The van der Waals surface area contributed by atoms with Crippen molar-refractivity contribution in [1.82, 2.24) is 4.90 Å². The van der Waals surface area contributed by atoms with Crippen LogP contribution in [0.1, 0.15) is 77.2 Å². The molecular weight excluding hydrogens is 798 g/mol. The van der Waals surface area contributed by atoms with Crippen LogP contribution in [-0.4, -0.2) is 113 Å². The van der Waals surface area contributed by atoms with Crippen molar-refractivity contribution in [3.63, 3.8) is 0 Å². The van der Waals surface area contributed by atoms with Crippen molar-refractivity contribution < 1.29 is 53.6 Å². The molecule has 15 nitrogen and oxygen atoms in total. The van der Waals surface area contributed by atoms with Gasteiger partial charge in [-0.2, -0.15) is 0 Å². The number of carbonyl (C=O) groups excluding carboxylic acids is 1. The number of nitro benzene ring substituents is 1.